The number of Topliss-reactive ketones (excluding diaryl/α,β-unsaturated/α-hetero) is 1. The van der Waals surface area contributed by atoms with Crippen LogP contribution in [0.25, 0.3) is 6.08 Å². The van der Waals surface area contributed by atoms with Gasteiger partial charge in [0.2, 0.25) is 5.78 Å². The quantitative estimate of drug-likeness (QED) is 0.249. The van der Waals surface area contributed by atoms with Gasteiger partial charge < -0.3 is 28.3 Å². The molecule has 1 aromatic heterocycles. The fraction of sp³-hybridized carbons (Fsp3) is 0.286. The molecular formula is C28H29NO7. The standard InChI is InChI=1S/C28H29NO7/c1-18-13-22(19(2)29(18)15-21-16-34-25-7-5-6-8-26(25)36-21)23(30)17-35-28(31)12-10-20-9-11-24(32-3)27(14-20)33-4/h5-14,21H,15-17H2,1-4H3. The molecule has 8 nitrogen and oxygen atoms in total. The largest absolute Gasteiger partial charge is 0.493 e. The maximum absolute atomic E-state index is 12.8. The number of methoxy groups -OCH3 is 2. The Morgan fingerprint density at radius 1 is 1.03 bits per heavy atom. The molecule has 36 heavy (non-hydrogen) atoms. The van der Waals surface area contributed by atoms with Crippen LogP contribution in [0.1, 0.15) is 27.3 Å². The summed E-state index contributed by atoms with van der Waals surface area (Å²) in [7, 11) is 3.09. The van der Waals surface area contributed by atoms with Crippen LogP contribution in [0.3, 0.4) is 0 Å². The monoisotopic (exact) mass is 491 g/mol. The van der Waals surface area contributed by atoms with E-state index in [1.54, 1.807) is 31.4 Å². The fourth-order valence-electron chi connectivity index (χ4n) is 4.10. The summed E-state index contributed by atoms with van der Waals surface area (Å²) < 4.78 is 29.5. The number of nitrogens with zero attached hydrogens (tertiary/aromatic N) is 1. The van der Waals surface area contributed by atoms with Crippen molar-refractivity contribution in [3.05, 3.63) is 77.1 Å². The highest BCUT2D eigenvalue weighted by atomic mass is 16.6. The molecule has 2 heterocycles. The van der Waals surface area contributed by atoms with Gasteiger partial charge in [-0.1, -0.05) is 18.2 Å². The zero-order chi connectivity index (χ0) is 25.7. The molecule has 3 aromatic rings. The van der Waals surface area contributed by atoms with Crippen LogP contribution in [0.2, 0.25) is 0 Å². The molecule has 0 bridgehead atoms. The summed E-state index contributed by atoms with van der Waals surface area (Å²) in [6.07, 6.45) is 2.67. The lowest BCUT2D eigenvalue weighted by molar-refractivity contribution is -0.136. The summed E-state index contributed by atoms with van der Waals surface area (Å²) in [6.45, 7) is 4.40. The van der Waals surface area contributed by atoms with Crippen molar-refractivity contribution in [3.63, 3.8) is 0 Å². The SMILES string of the molecule is COc1ccc(C=CC(=O)OCC(=O)c2cc(C)n(CC3COc4ccccc4O3)c2C)cc1OC. The number of carbonyl (C=O) groups is 2. The molecule has 0 aliphatic carbocycles. The van der Waals surface area contributed by atoms with Crippen LogP contribution in [0.4, 0.5) is 0 Å². The molecule has 0 N–H and O–H groups in total. The van der Waals surface area contributed by atoms with Gasteiger partial charge in [-0.3, -0.25) is 4.79 Å². The number of para-hydroxylation sites is 2. The Labute approximate surface area is 210 Å². The van der Waals surface area contributed by atoms with Gasteiger partial charge in [-0.2, -0.15) is 0 Å². The van der Waals surface area contributed by atoms with Crippen LogP contribution in [-0.2, 0) is 16.1 Å². The van der Waals surface area contributed by atoms with E-state index in [2.05, 4.69) is 0 Å². The number of hydrogen-bond acceptors (Lipinski definition) is 7. The average molecular weight is 492 g/mol. The van der Waals surface area contributed by atoms with E-state index in [1.165, 1.54) is 13.2 Å². The van der Waals surface area contributed by atoms with Crippen molar-refractivity contribution in [2.45, 2.75) is 26.5 Å². The van der Waals surface area contributed by atoms with Gasteiger partial charge in [-0.25, -0.2) is 4.79 Å². The van der Waals surface area contributed by atoms with Crippen molar-refractivity contribution in [3.8, 4) is 23.0 Å². The van der Waals surface area contributed by atoms with Crippen molar-refractivity contribution in [1.82, 2.24) is 4.57 Å². The van der Waals surface area contributed by atoms with Crippen molar-refractivity contribution >= 4 is 17.8 Å². The number of ether oxygens (including phenoxy) is 5. The molecule has 0 saturated carbocycles. The summed E-state index contributed by atoms with van der Waals surface area (Å²) >= 11 is 0. The maximum atomic E-state index is 12.8. The van der Waals surface area contributed by atoms with Crippen LogP contribution in [0.15, 0.2) is 54.6 Å². The van der Waals surface area contributed by atoms with Crippen LogP contribution < -0.4 is 18.9 Å². The lowest BCUT2D eigenvalue weighted by Gasteiger charge is -2.27. The van der Waals surface area contributed by atoms with Gasteiger partial charge in [0, 0.05) is 23.0 Å². The van der Waals surface area contributed by atoms with Crippen LogP contribution in [0.5, 0.6) is 23.0 Å². The van der Waals surface area contributed by atoms with Gasteiger partial charge in [-0.05, 0) is 55.8 Å². The first-order valence-corrected chi connectivity index (χ1v) is 11.5. The van der Waals surface area contributed by atoms with Gasteiger partial charge in [0.1, 0.15) is 6.61 Å². The van der Waals surface area contributed by atoms with Crippen molar-refractivity contribution in [2.24, 2.45) is 0 Å². The topological polar surface area (TPSA) is 85.2 Å². The van der Waals surface area contributed by atoms with E-state index in [-0.39, 0.29) is 18.5 Å². The Balaban J connectivity index is 1.35. The smallest absolute Gasteiger partial charge is 0.331 e. The highest BCUT2D eigenvalue weighted by Crippen LogP contribution is 2.32. The molecule has 1 aliphatic rings. The van der Waals surface area contributed by atoms with Gasteiger partial charge in [0.25, 0.3) is 0 Å². The van der Waals surface area contributed by atoms with Gasteiger partial charge in [0.05, 0.1) is 20.8 Å². The molecule has 188 valence electrons. The minimum Gasteiger partial charge on any atom is -0.493 e. The summed E-state index contributed by atoms with van der Waals surface area (Å²) in [5.41, 5.74) is 2.95. The molecule has 0 saturated heterocycles. The number of fused-ring (bicyclic) bond motifs is 1. The van der Waals surface area contributed by atoms with E-state index in [4.69, 9.17) is 23.7 Å². The van der Waals surface area contributed by atoms with E-state index >= 15 is 0 Å². The summed E-state index contributed by atoms with van der Waals surface area (Å²) in [6, 6.07) is 14.6. The maximum Gasteiger partial charge on any atom is 0.331 e. The molecule has 0 spiro atoms. The van der Waals surface area contributed by atoms with Crippen LogP contribution in [0, 0.1) is 13.8 Å². The van der Waals surface area contributed by atoms with E-state index in [0.29, 0.717) is 36.0 Å². The lowest BCUT2D eigenvalue weighted by atomic mass is 10.1. The number of esters is 1. The highest BCUT2D eigenvalue weighted by molar-refractivity contribution is 6.00. The van der Waals surface area contributed by atoms with Gasteiger partial charge in [-0.15, -0.1) is 0 Å². The number of aromatic nitrogens is 1. The first-order valence-electron chi connectivity index (χ1n) is 11.5. The molecule has 1 aliphatic heterocycles. The Kier molecular flexibility index (Phi) is 7.63. The van der Waals surface area contributed by atoms with E-state index in [1.807, 2.05) is 48.7 Å². The normalized spacial score (nSPS) is 14.5. The summed E-state index contributed by atoms with van der Waals surface area (Å²) in [5.74, 6) is 1.70. The van der Waals surface area contributed by atoms with Gasteiger partial charge >= 0.3 is 5.97 Å². The zero-order valence-corrected chi connectivity index (χ0v) is 20.8. The molecule has 2 aromatic carbocycles. The number of hydrogen-bond donors (Lipinski definition) is 0. The fourth-order valence-corrected chi connectivity index (χ4v) is 4.10. The minimum atomic E-state index is -0.613. The van der Waals surface area contributed by atoms with E-state index < -0.39 is 5.97 Å². The number of rotatable bonds is 9. The highest BCUT2D eigenvalue weighted by Gasteiger charge is 2.24. The third-order valence-electron chi connectivity index (χ3n) is 5.99. The number of carbonyl (C=O) groups excluding carboxylic acids is 2. The predicted molar refractivity (Wildman–Crippen MR) is 134 cm³/mol. The first-order chi connectivity index (χ1) is 17.4. The minimum absolute atomic E-state index is 0.188. The molecule has 0 amide bonds. The van der Waals surface area contributed by atoms with Crippen molar-refractivity contribution < 1.29 is 33.3 Å². The van der Waals surface area contributed by atoms with Crippen molar-refractivity contribution in [2.75, 3.05) is 27.4 Å². The number of aryl methyl sites for hydroxylation is 1. The Morgan fingerprint density at radius 3 is 2.53 bits per heavy atom. The molecule has 8 heteroatoms. The van der Waals surface area contributed by atoms with Crippen LogP contribution >= 0.6 is 0 Å². The van der Waals surface area contributed by atoms with Crippen LogP contribution in [-0.4, -0.2) is 49.9 Å². The molecular weight excluding hydrogens is 462 g/mol. The molecule has 0 radical (unpaired) electrons. The Hall–Kier alpha value is -4.20. The number of ketones is 1. The first kappa shape index (κ1) is 24.9. The second-order valence-electron chi connectivity index (χ2n) is 8.37. The van der Waals surface area contributed by atoms with E-state index in [9.17, 15) is 9.59 Å². The molecule has 1 unspecified atom stereocenters. The second kappa shape index (κ2) is 11.0. The molecule has 4 rings (SSSR count). The second-order valence-corrected chi connectivity index (χ2v) is 8.37. The Morgan fingerprint density at radius 2 is 1.78 bits per heavy atom. The Bertz CT molecular complexity index is 1290. The van der Waals surface area contributed by atoms with Crippen molar-refractivity contribution in [1.29, 1.82) is 0 Å². The summed E-state index contributed by atoms with van der Waals surface area (Å²) in [5, 5.41) is 0. The third-order valence-corrected chi connectivity index (χ3v) is 5.99. The zero-order valence-electron chi connectivity index (χ0n) is 20.8. The average Bonchev–Trinajstić information content (AvgIpc) is 3.18. The molecule has 0 fully saturated rings. The van der Waals surface area contributed by atoms with Gasteiger partial charge in [0.15, 0.2) is 35.7 Å². The number of benzene rings is 2. The summed E-state index contributed by atoms with van der Waals surface area (Å²) in [4.78, 5) is 25.0. The third kappa shape index (κ3) is 5.54. The predicted octanol–water partition coefficient (Wildman–Crippen LogP) is 4.40. The molecule has 1 atom stereocenters. The van der Waals surface area contributed by atoms with E-state index in [0.717, 1.165) is 22.7 Å². The lowest BCUT2D eigenvalue weighted by Crippen LogP contribution is -2.33.